The van der Waals surface area contributed by atoms with Crippen molar-refractivity contribution in [1.29, 1.82) is 0 Å². The average molecular weight is 261 g/mol. The molecule has 19 heavy (non-hydrogen) atoms. The van der Waals surface area contributed by atoms with E-state index in [9.17, 15) is 5.11 Å². The van der Waals surface area contributed by atoms with Crippen LogP contribution < -0.4 is 0 Å². The van der Waals surface area contributed by atoms with E-state index < -0.39 is 5.60 Å². The molecule has 106 valence electrons. The summed E-state index contributed by atoms with van der Waals surface area (Å²) < 4.78 is 0. The van der Waals surface area contributed by atoms with Crippen LogP contribution >= 0.6 is 0 Å². The molecular weight excluding hydrogens is 234 g/mol. The van der Waals surface area contributed by atoms with Gasteiger partial charge in [0.1, 0.15) is 0 Å². The van der Waals surface area contributed by atoms with Gasteiger partial charge >= 0.3 is 0 Å². The van der Waals surface area contributed by atoms with Crippen molar-refractivity contribution in [2.75, 3.05) is 13.1 Å². The Morgan fingerprint density at radius 2 is 1.89 bits per heavy atom. The SMILES string of the molecule is Cc1ccc(C)c(C2(O)CCCN(C(C)C)CC2)c1. The first-order chi connectivity index (χ1) is 8.92. The highest BCUT2D eigenvalue weighted by Crippen LogP contribution is 2.35. The second-order valence-corrected chi connectivity index (χ2v) is 6.33. The number of hydrogen-bond donors (Lipinski definition) is 1. The van der Waals surface area contributed by atoms with Crippen LogP contribution in [0.5, 0.6) is 0 Å². The van der Waals surface area contributed by atoms with Gasteiger partial charge < -0.3 is 10.0 Å². The lowest BCUT2D eigenvalue weighted by atomic mass is 9.83. The first-order valence-corrected chi connectivity index (χ1v) is 7.46. The van der Waals surface area contributed by atoms with Gasteiger partial charge in [-0.3, -0.25) is 0 Å². The summed E-state index contributed by atoms with van der Waals surface area (Å²) >= 11 is 0. The van der Waals surface area contributed by atoms with E-state index in [0.717, 1.165) is 37.9 Å². The predicted octanol–water partition coefficient (Wildman–Crippen LogP) is 3.39. The maximum atomic E-state index is 11.1. The van der Waals surface area contributed by atoms with E-state index in [1.54, 1.807) is 0 Å². The normalized spacial score (nSPS) is 25.6. The van der Waals surface area contributed by atoms with Crippen molar-refractivity contribution < 1.29 is 5.11 Å². The van der Waals surface area contributed by atoms with Crippen LogP contribution in [0.3, 0.4) is 0 Å². The molecule has 1 aromatic rings. The zero-order valence-electron chi connectivity index (χ0n) is 12.7. The van der Waals surface area contributed by atoms with Gasteiger partial charge in [0.05, 0.1) is 5.60 Å². The Labute approximate surface area is 117 Å². The molecule has 0 aliphatic carbocycles. The van der Waals surface area contributed by atoms with E-state index >= 15 is 0 Å². The smallest absolute Gasteiger partial charge is 0.0911 e. The second kappa shape index (κ2) is 5.64. The van der Waals surface area contributed by atoms with Crippen LogP contribution in [0, 0.1) is 13.8 Å². The summed E-state index contributed by atoms with van der Waals surface area (Å²) in [6.45, 7) is 10.8. The molecule has 2 rings (SSSR count). The van der Waals surface area contributed by atoms with Crippen molar-refractivity contribution in [2.45, 2.75) is 58.6 Å². The van der Waals surface area contributed by atoms with Gasteiger partial charge in [0.15, 0.2) is 0 Å². The first-order valence-electron chi connectivity index (χ1n) is 7.46. The minimum Gasteiger partial charge on any atom is -0.385 e. The highest BCUT2D eigenvalue weighted by molar-refractivity contribution is 5.35. The van der Waals surface area contributed by atoms with E-state index in [1.807, 2.05) is 0 Å². The molecule has 0 saturated carbocycles. The van der Waals surface area contributed by atoms with E-state index in [1.165, 1.54) is 11.1 Å². The van der Waals surface area contributed by atoms with E-state index in [2.05, 4.69) is 50.8 Å². The molecule has 1 saturated heterocycles. The van der Waals surface area contributed by atoms with Gasteiger partial charge in [0, 0.05) is 12.6 Å². The number of aryl methyl sites for hydroxylation is 2. The maximum absolute atomic E-state index is 11.1. The monoisotopic (exact) mass is 261 g/mol. The lowest BCUT2D eigenvalue weighted by Gasteiger charge is -2.30. The van der Waals surface area contributed by atoms with Crippen LogP contribution in [0.4, 0.5) is 0 Å². The van der Waals surface area contributed by atoms with Gasteiger partial charge in [-0.1, -0.05) is 23.8 Å². The molecule has 1 aliphatic rings. The molecule has 1 unspecified atom stereocenters. The number of aliphatic hydroxyl groups is 1. The van der Waals surface area contributed by atoms with E-state index in [-0.39, 0.29) is 0 Å². The van der Waals surface area contributed by atoms with Gasteiger partial charge in [-0.15, -0.1) is 0 Å². The fourth-order valence-corrected chi connectivity index (χ4v) is 3.16. The van der Waals surface area contributed by atoms with Crippen LogP contribution in [0.15, 0.2) is 18.2 Å². The molecule has 1 N–H and O–H groups in total. The van der Waals surface area contributed by atoms with Gasteiger partial charge in [0.2, 0.25) is 0 Å². The molecule has 0 radical (unpaired) electrons. The Morgan fingerprint density at radius 3 is 2.58 bits per heavy atom. The molecule has 0 bridgehead atoms. The van der Waals surface area contributed by atoms with Crippen molar-refractivity contribution in [1.82, 2.24) is 4.90 Å². The number of nitrogens with zero attached hydrogens (tertiary/aromatic N) is 1. The summed E-state index contributed by atoms with van der Waals surface area (Å²) in [6, 6.07) is 6.99. The van der Waals surface area contributed by atoms with E-state index in [4.69, 9.17) is 0 Å². The summed E-state index contributed by atoms with van der Waals surface area (Å²) in [4.78, 5) is 2.48. The fraction of sp³-hybridized carbons (Fsp3) is 0.647. The van der Waals surface area contributed by atoms with Crippen molar-refractivity contribution in [3.63, 3.8) is 0 Å². The zero-order valence-corrected chi connectivity index (χ0v) is 12.7. The van der Waals surface area contributed by atoms with Crippen LogP contribution in [0.2, 0.25) is 0 Å². The second-order valence-electron chi connectivity index (χ2n) is 6.33. The minimum absolute atomic E-state index is 0.570. The Morgan fingerprint density at radius 1 is 1.16 bits per heavy atom. The third kappa shape index (κ3) is 3.18. The van der Waals surface area contributed by atoms with Crippen molar-refractivity contribution in [3.8, 4) is 0 Å². The molecule has 0 aromatic heterocycles. The highest BCUT2D eigenvalue weighted by Gasteiger charge is 2.33. The third-order valence-electron chi connectivity index (χ3n) is 4.47. The molecule has 0 spiro atoms. The zero-order chi connectivity index (χ0) is 14.0. The van der Waals surface area contributed by atoms with Gasteiger partial charge in [-0.2, -0.15) is 0 Å². The van der Waals surface area contributed by atoms with Crippen molar-refractivity contribution >= 4 is 0 Å². The van der Waals surface area contributed by atoms with Crippen molar-refractivity contribution in [3.05, 3.63) is 34.9 Å². The van der Waals surface area contributed by atoms with Gasteiger partial charge in [-0.25, -0.2) is 0 Å². The Bertz CT molecular complexity index is 441. The Kier molecular flexibility index (Phi) is 4.32. The quantitative estimate of drug-likeness (QED) is 0.882. The minimum atomic E-state index is -0.639. The summed E-state index contributed by atoms with van der Waals surface area (Å²) in [7, 11) is 0. The topological polar surface area (TPSA) is 23.5 Å². The lowest BCUT2D eigenvalue weighted by molar-refractivity contribution is 0.0197. The van der Waals surface area contributed by atoms with E-state index in [0.29, 0.717) is 6.04 Å². The molecule has 1 aliphatic heterocycles. The molecular formula is C17H27NO. The third-order valence-corrected chi connectivity index (χ3v) is 4.47. The number of likely N-dealkylation sites (tertiary alicyclic amines) is 1. The summed E-state index contributed by atoms with van der Waals surface area (Å²) in [5, 5.41) is 11.1. The predicted molar refractivity (Wildman–Crippen MR) is 80.4 cm³/mol. The van der Waals surface area contributed by atoms with Crippen LogP contribution in [0.25, 0.3) is 0 Å². The molecule has 0 amide bonds. The molecule has 1 fully saturated rings. The Balaban J connectivity index is 2.25. The molecule has 1 aromatic carbocycles. The van der Waals surface area contributed by atoms with Crippen LogP contribution in [-0.2, 0) is 5.60 Å². The summed E-state index contributed by atoms with van der Waals surface area (Å²) in [5.41, 5.74) is 2.95. The van der Waals surface area contributed by atoms with Gasteiger partial charge in [0.25, 0.3) is 0 Å². The summed E-state index contributed by atoms with van der Waals surface area (Å²) in [5.74, 6) is 0. The largest absolute Gasteiger partial charge is 0.385 e. The van der Waals surface area contributed by atoms with Crippen molar-refractivity contribution in [2.24, 2.45) is 0 Å². The first kappa shape index (κ1) is 14.5. The van der Waals surface area contributed by atoms with Crippen LogP contribution in [0.1, 0.15) is 49.8 Å². The maximum Gasteiger partial charge on any atom is 0.0911 e. The molecule has 2 heteroatoms. The number of benzene rings is 1. The molecule has 2 nitrogen and oxygen atoms in total. The highest BCUT2D eigenvalue weighted by atomic mass is 16.3. The molecule has 1 atom stereocenters. The fourth-order valence-electron chi connectivity index (χ4n) is 3.16. The summed E-state index contributed by atoms with van der Waals surface area (Å²) in [6.07, 6.45) is 2.79. The number of rotatable bonds is 2. The van der Waals surface area contributed by atoms with Gasteiger partial charge in [-0.05, 0) is 64.6 Å². The lowest BCUT2D eigenvalue weighted by Crippen LogP contribution is -2.33. The molecule has 1 heterocycles. The Hall–Kier alpha value is -0.860. The number of hydrogen-bond acceptors (Lipinski definition) is 2. The average Bonchev–Trinajstić information content (AvgIpc) is 2.55. The van der Waals surface area contributed by atoms with Crippen LogP contribution in [-0.4, -0.2) is 29.1 Å². The standard InChI is InChI=1S/C17H27NO/c1-13(2)18-10-5-8-17(19,9-11-18)16-12-14(3)6-7-15(16)4/h6-7,12-13,19H,5,8-11H2,1-4H3.